The van der Waals surface area contributed by atoms with Crippen LogP contribution in [-0.2, 0) is 13.2 Å². The molecule has 0 radical (unpaired) electrons. The molecule has 6 nitrogen and oxygen atoms in total. The van der Waals surface area contributed by atoms with E-state index >= 15 is 0 Å². The summed E-state index contributed by atoms with van der Waals surface area (Å²) in [7, 11) is 0. The van der Waals surface area contributed by atoms with Crippen molar-refractivity contribution in [2.75, 3.05) is 0 Å². The Morgan fingerprint density at radius 1 is 1.09 bits per heavy atom. The van der Waals surface area contributed by atoms with Crippen LogP contribution >= 0.6 is 11.3 Å². The van der Waals surface area contributed by atoms with Gasteiger partial charge in [-0.15, -0.1) is 11.3 Å². The van der Waals surface area contributed by atoms with Crippen LogP contribution < -0.4 is 15.6 Å². The smallest absolute Gasteiger partial charge is 0.263 e. The number of carbonyl (C=O) groups is 1. The summed E-state index contributed by atoms with van der Waals surface area (Å²) in [5, 5.41) is 3.01. The third-order valence-electron chi connectivity index (χ3n) is 4.81. The predicted molar refractivity (Wildman–Crippen MR) is 121 cm³/mol. The molecule has 33 heavy (non-hydrogen) atoms. The number of carbonyl (C=O) groups excluding carboxylic acids is 1. The standard InChI is InChI=1S/C24H19F2N3O3S/c1-14-21(23(31)28-12-16-7-8-17(25)18(26)11-16)33-24(29-14)20-19(9-10-27-22(20)30)32-13-15-5-3-2-4-6-15/h2-11H,12-13H2,1H3,(H,27,30)(H,28,31). The molecule has 168 valence electrons. The molecule has 0 aliphatic rings. The van der Waals surface area contributed by atoms with Crippen molar-refractivity contribution < 1.29 is 18.3 Å². The Morgan fingerprint density at radius 2 is 1.88 bits per heavy atom. The molecule has 0 aliphatic heterocycles. The SMILES string of the molecule is Cc1nc(-c2c(OCc3ccccc3)cc[nH]c2=O)sc1C(=O)NCc1ccc(F)c(F)c1. The molecule has 0 spiro atoms. The van der Waals surface area contributed by atoms with E-state index in [4.69, 9.17) is 4.74 Å². The maximum atomic E-state index is 13.4. The van der Waals surface area contributed by atoms with E-state index in [0.717, 1.165) is 29.0 Å². The minimum atomic E-state index is -0.982. The monoisotopic (exact) mass is 467 g/mol. The van der Waals surface area contributed by atoms with E-state index in [-0.39, 0.29) is 24.3 Å². The van der Waals surface area contributed by atoms with Crippen molar-refractivity contribution >= 4 is 17.2 Å². The molecule has 2 heterocycles. The first kappa shape index (κ1) is 22.3. The third-order valence-corrected chi connectivity index (χ3v) is 5.99. The lowest BCUT2D eigenvalue weighted by atomic mass is 10.2. The molecule has 0 unspecified atom stereocenters. The average Bonchev–Trinajstić information content (AvgIpc) is 3.20. The van der Waals surface area contributed by atoms with Crippen molar-refractivity contribution in [2.24, 2.45) is 0 Å². The molecule has 2 N–H and O–H groups in total. The van der Waals surface area contributed by atoms with Crippen molar-refractivity contribution in [3.8, 4) is 16.3 Å². The number of halogens is 2. The summed E-state index contributed by atoms with van der Waals surface area (Å²) >= 11 is 1.05. The molecule has 0 fully saturated rings. The van der Waals surface area contributed by atoms with Gasteiger partial charge in [-0.3, -0.25) is 9.59 Å². The Labute approximate surface area is 191 Å². The normalized spacial score (nSPS) is 10.8. The summed E-state index contributed by atoms with van der Waals surface area (Å²) in [6.07, 6.45) is 1.49. The number of benzene rings is 2. The van der Waals surface area contributed by atoms with Gasteiger partial charge in [0.05, 0.1) is 5.69 Å². The van der Waals surface area contributed by atoms with Crippen molar-refractivity contribution in [1.29, 1.82) is 0 Å². The van der Waals surface area contributed by atoms with Crippen LogP contribution in [0.4, 0.5) is 8.78 Å². The summed E-state index contributed by atoms with van der Waals surface area (Å²) in [5.74, 6) is -2.01. The number of ether oxygens (including phenoxy) is 1. The second kappa shape index (κ2) is 9.74. The number of amides is 1. The summed E-state index contributed by atoms with van der Waals surface area (Å²) in [6, 6.07) is 14.6. The zero-order valence-corrected chi connectivity index (χ0v) is 18.3. The van der Waals surface area contributed by atoms with Crippen LogP contribution in [0.2, 0.25) is 0 Å². The van der Waals surface area contributed by atoms with Gasteiger partial charge in [0.2, 0.25) is 0 Å². The number of pyridine rings is 1. The first-order chi connectivity index (χ1) is 15.9. The number of aromatic amines is 1. The van der Waals surface area contributed by atoms with Crippen molar-refractivity contribution in [1.82, 2.24) is 15.3 Å². The minimum absolute atomic E-state index is 0.0140. The molecular formula is C24H19F2N3O3S. The Morgan fingerprint density at radius 3 is 2.64 bits per heavy atom. The Hall–Kier alpha value is -3.85. The fourth-order valence-corrected chi connectivity index (χ4v) is 4.17. The number of rotatable bonds is 7. The average molecular weight is 467 g/mol. The van der Waals surface area contributed by atoms with E-state index in [0.29, 0.717) is 26.9 Å². The first-order valence-electron chi connectivity index (χ1n) is 10.0. The highest BCUT2D eigenvalue weighted by Crippen LogP contribution is 2.32. The van der Waals surface area contributed by atoms with Crippen LogP contribution in [0.15, 0.2) is 65.6 Å². The minimum Gasteiger partial charge on any atom is -0.488 e. The molecule has 0 bridgehead atoms. The summed E-state index contributed by atoms with van der Waals surface area (Å²) in [6.45, 7) is 1.94. The highest BCUT2D eigenvalue weighted by Gasteiger charge is 2.21. The number of thiazole rings is 1. The Kier molecular flexibility index (Phi) is 6.60. The fraction of sp³-hybridized carbons (Fsp3) is 0.125. The lowest BCUT2D eigenvalue weighted by Gasteiger charge is -2.09. The number of hydrogen-bond donors (Lipinski definition) is 2. The van der Waals surface area contributed by atoms with E-state index in [2.05, 4.69) is 15.3 Å². The topological polar surface area (TPSA) is 84.1 Å². The largest absolute Gasteiger partial charge is 0.488 e. The molecule has 0 atom stereocenters. The number of aromatic nitrogens is 2. The number of H-pyrrole nitrogens is 1. The highest BCUT2D eigenvalue weighted by atomic mass is 32.1. The molecule has 2 aromatic carbocycles. The molecule has 1 amide bonds. The number of aryl methyl sites for hydroxylation is 1. The molecule has 4 rings (SSSR count). The molecular weight excluding hydrogens is 448 g/mol. The third kappa shape index (κ3) is 5.15. The number of nitrogens with one attached hydrogen (secondary N) is 2. The van der Waals surface area contributed by atoms with Gasteiger partial charge in [0, 0.05) is 12.7 Å². The van der Waals surface area contributed by atoms with E-state index in [1.54, 1.807) is 13.0 Å². The fourth-order valence-electron chi connectivity index (χ4n) is 3.14. The van der Waals surface area contributed by atoms with Crippen LogP contribution in [-0.4, -0.2) is 15.9 Å². The van der Waals surface area contributed by atoms with Crippen LogP contribution in [0, 0.1) is 18.6 Å². The maximum absolute atomic E-state index is 13.4. The van der Waals surface area contributed by atoms with Crippen LogP contribution in [0.5, 0.6) is 5.75 Å². The molecule has 0 aliphatic carbocycles. The number of nitrogens with zero attached hydrogens (tertiary/aromatic N) is 1. The predicted octanol–water partition coefficient (Wildman–Crippen LogP) is 4.59. The van der Waals surface area contributed by atoms with Gasteiger partial charge in [0.1, 0.15) is 27.8 Å². The summed E-state index contributed by atoms with van der Waals surface area (Å²) in [4.78, 5) is 32.6. The van der Waals surface area contributed by atoms with Gasteiger partial charge in [-0.1, -0.05) is 36.4 Å². The van der Waals surface area contributed by atoms with Gasteiger partial charge in [-0.05, 0) is 36.2 Å². The van der Waals surface area contributed by atoms with Gasteiger partial charge in [0.15, 0.2) is 11.6 Å². The van der Waals surface area contributed by atoms with Gasteiger partial charge >= 0.3 is 0 Å². The molecule has 2 aromatic heterocycles. The zero-order valence-electron chi connectivity index (χ0n) is 17.5. The van der Waals surface area contributed by atoms with E-state index < -0.39 is 17.5 Å². The molecule has 4 aromatic rings. The summed E-state index contributed by atoms with van der Waals surface area (Å²) in [5.41, 5.74) is 1.65. The van der Waals surface area contributed by atoms with Crippen molar-refractivity contribution in [3.05, 3.63) is 104 Å². The zero-order chi connectivity index (χ0) is 23.4. The lowest BCUT2D eigenvalue weighted by molar-refractivity contribution is 0.0954. The second-order valence-electron chi connectivity index (χ2n) is 7.19. The van der Waals surface area contributed by atoms with Crippen LogP contribution in [0.1, 0.15) is 26.5 Å². The molecule has 0 saturated carbocycles. The van der Waals surface area contributed by atoms with Gasteiger partial charge in [-0.2, -0.15) is 0 Å². The quantitative estimate of drug-likeness (QED) is 0.416. The van der Waals surface area contributed by atoms with E-state index in [1.807, 2.05) is 30.3 Å². The van der Waals surface area contributed by atoms with Gasteiger partial charge in [-0.25, -0.2) is 13.8 Å². The maximum Gasteiger partial charge on any atom is 0.263 e. The highest BCUT2D eigenvalue weighted by molar-refractivity contribution is 7.17. The lowest BCUT2D eigenvalue weighted by Crippen LogP contribution is -2.22. The molecule has 9 heteroatoms. The Bertz CT molecular complexity index is 1350. The van der Waals surface area contributed by atoms with Crippen LogP contribution in [0.25, 0.3) is 10.6 Å². The van der Waals surface area contributed by atoms with Gasteiger partial charge in [0.25, 0.3) is 11.5 Å². The van der Waals surface area contributed by atoms with E-state index in [9.17, 15) is 18.4 Å². The first-order valence-corrected chi connectivity index (χ1v) is 10.8. The summed E-state index contributed by atoms with van der Waals surface area (Å²) < 4.78 is 32.4. The Balaban J connectivity index is 1.54. The van der Waals surface area contributed by atoms with Crippen molar-refractivity contribution in [3.63, 3.8) is 0 Å². The number of hydrogen-bond acceptors (Lipinski definition) is 5. The van der Waals surface area contributed by atoms with Gasteiger partial charge < -0.3 is 15.0 Å². The molecule has 0 saturated heterocycles. The van der Waals surface area contributed by atoms with E-state index in [1.165, 1.54) is 12.3 Å². The second-order valence-corrected chi connectivity index (χ2v) is 8.18. The van der Waals surface area contributed by atoms with Crippen molar-refractivity contribution in [2.45, 2.75) is 20.1 Å². The van der Waals surface area contributed by atoms with Crippen LogP contribution in [0.3, 0.4) is 0 Å².